The van der Waals surface area contributed by atoms with Gasteiger partial charge in [-0.2, -0.15) is 10.1 Å². The Morgan fingerprint density at radius 1 is 1.22 bits per heavy atom. The second-order valence-corrected chi connectivity index (χ2v) is 6.31. The molecule has 23 heavy (non-hydrogen) atoms. The van der Waals surface area contributed by atoms with Gasteiger partial charge in [0.1, 0.15) is 0 Å². The summed E-state index contributed by atoms with van der Waals surface area (Å²) in [7, 11) is 0. The maximum Gasteiger partial charge on any atom is 0.249 e. The number of anilines is 3. The van der Waals surface area contributed by atoms with Gasteiger partial charge in [0.15, 0.2) is 5.82 Å². The van der Waals surface area contributed by atoms with Crippen LogP contribution in [0.25, 0.3) is 0 Å². The summed E-state index contributed by atoms with van der Waals surface area (Å²) in [6.45, 7) is 7.51. The summed E-state index contributed by atoms with van der Waals surface area (Å²) in [5.41, 5.74) is 3.53. The smallest absolute Gasteiger partial charge is 0.249 e. The van der Waals surface area contributed by atoms with E-state index in [0.29, 0.717) is 12.0 Å². The molecule has 3 rings (SSSR count). The Morgan fingerprint density at radius 3 is 2.87 bits per heavy atom. The molecule has 5 heteroatoms. The third-order valence-electron chi connectivity index (χ3n) is 4.70. The molecule has 2 aromatic rings. The highest BCUT2D eigenvalue weighted by Gasteiger charge is 2.22. The van der Waals surface area contributed by atoms with E-state index in [1.165, 1.54) is 30.4 Å². The zero-order chi connectivity index (χ0) is 16.2. The molecule has 0 spiro atoms. The quantitative estimate of drug-likeness (QED) is 0.925. The first-order valence-electron chi connectivity index (χ1n) is 8.48. The molecule has 122 valence electrons. The van der Waals surface area contributed by atoms with Crippen molar-refractivity contribution < 1.29 is 0 Å². The highest BCUT2D eigenvalue weighted by molar-refractivity contribution is 5.56. The lowest BCUT2D eigenvalue weighted by atomic mass is 10.0. The van der Waals surface area contributed by atoms with E-state index in [0.717, 1.165) is 24.5 Å². The van der Waals surface area contributed by atoms with Crippen LogP contribution in [-0.4, -0.2) is 27.8 Å². The number of hydrogen-bond donors (Lipinski definition) is 1. The first kappa shape index (κ1) is 15.7. The number of piperidine rings is 1. The van der Waals surface area contributed by atoms with Crippen molar-refractivity contribution in [3.05, 3.63) is 35.5 Å². The van der Waals surface area contributed by atoms with Gasteiger partial charge in [0.05, 0.1) is 6.20 Å². The standard InChI is InChI=1S/C18H25N5/c1-4-16-7-5-6-10-23(16)17-12-19-22-18(21-17)20-15-9-8-13(2)14(3)11-15/h8-9,11-12,16H,4-7,10H2,1-3H3,(H,20,21,22). The molecule has 1 aromatic heterocycles. The van der Waals surface area contributed by atoms with Gasteiger partial charge in [-0.1, -0.05) is 13.0 Å². The second kappa shape index (κ2) is 6.94. The van der Waals surface area contributed by atoms with E-state index in [9.17, 15) is 0 Å². The fourth-order valence-electron chi connectivity index (χ4n) is 3.16. The number of rotatable bonds is 4. The van der Waals surface area contributed by atoms with Crippen LogP contribution in [0.1, 0.15) is 43.7 Å². The predicted octanol–water partition coefficient (Wildman–Crippen LogP) is 4.00. The lowest BCUT2D eigenvalue weighted by Crippen LogP contribution is -2.39. The molecule has 1 aliphatic heterocycles. The predicted molar refractivity (Wildman–Crippen MR) is 94.3 cm³/mol. The zero-order valence-electron chi connectivity index (χ0n) is 14.2. The average Bonchev–Trinajstić information content (AvgIpc) is 2.58. The minimum Gasteiger partial charge on any atom is -0.352 e. The maximum absolute atomic E-state index is 4.68. The molecule has 1 fully saturated rings. The Bertz CT molecular complexity index is 670. The van der Waals surface area contributed by atoms with Crippen molar-refractivity contribution in [1.82, 2.24) is 15.2 Å². The van der Waals surface area contributed by atoms with E-state index < -0.39 is 0 Å². The van der Waals surface area contributed by atoms with Crippen LogP contribution in [0.3, 0.4) is 0 Å². The van der Waals surface area contributed by atoms with Crippen LogP contribution in [0.15, 0.2) is 24.4 Å². The summed E-state index contributed by atoms with van der Waals surface area (Å²) in [5.74, 6) is 1.49. The Hall–Kier alpha value is -2.17. The topological polar surface area (TPSA) is 53.9 Å². The third kappa shape index (κ3) is 3.60. The van der Waals surface area contributed by atoms with Crippen LogP contribution in [0.5, 0.6) is 0 Å². The Kier molecular flexibility index (Phi) is 4.74. The van der Waals surface area contributed by atoms with Gasteiger partial charge in [-0.05, 0) is 62.8 Å². The van der Waals surface area contributed by atoms with Crippen LogP contribution < -0.4 is 10.2 Å². The first-order valence-corrected chi connectivity index (χ1v) is 8.48. The second-order valence-electron chi connectivity index (χ2n) is 6.31. The normalized spacial score (nSPS) is 18.0. The van der Waals surface area contributed by atoms with Crippen molar-refractivity contribution in [2.75, 3.05) is 16.8 Å². The summed E-state index contributed by atoms with van der Waals surface area (Å²) in [4.78, 5) is 7.06. The monoisotopic (exact) mass is 311 g/mol. The van der Waals surface area contributed by atoms with Crippen molar-refractivity contribution in [2.45, 2.75) is 52.5 Å². The van der Waals surface area contributed by atoms with Gasteiger partial charge in [-0.15, -0.1) is 5.10 Å². The van der Waals surface area contributed by atoms with Gasteiger partial charge in [-0.3, -0.25) is 0 Å². The number of nitrogens with one attached hydrogen (secondary N) is 1. The summed E-state index contributed by atoms with van der Waals surface area (Å²) in [5, 5.41) is 11.6. The molecule has 1 unspecified atom stereocenters. The highest BCUT2D eigenvalue weighted by atomic mass is 15.3. The zero-order valence-corrected chi connectivity index (χ0v) is 14.2. The highest BCUT2D eigenvalue weighted by Crippen LogP contribution is 2.25. The molecule has 2 heterocycles. The minimum atomic E-state index is 0.561. The van der Waals surface area contributed by atoms with Crippen LogP contribution in [0, 0.1) is 13.8 Å². The lowest BCUT2D eigenvalue weighted by Gasteiger charge is -2.35. The summed E-state index contributed by atoms with van der Waals surface area (Å²) >= 11 is 0. The van der Waals surface area contributed by atoms with Crippen LogP contribution in [0.2, 0.25) is 0 Å². The molecule has 1 atom stereocenters. The lowest BCUT2D eigenvalue weighted by molar-refractivity contribution is 0.446. The van der Waals surface area contributed by atoms with Crippen molar-refractivity contribution in [3.8, 4) is 0 Å². The van der Waals surface area contributed by atoms with Crippen LogP contribution >= 0.6 is 0 Å². The fourth-order valence-corrected chi connectivity index (χ4v) is 3.16. The fraction of sp³-hybridized carbons (Fsp3) is 0.500. The van der Waals surface area contributed by atoms with Crippen molar-refractivity contribution in [3.63, 3.8) is 0 Å². The molecule has 0 amide bonds. The molecule has 1 aromatic carbocycles. The molecular formula is C18H25N5. The van der Waals surface area contributed by atoms with E-state index in [4.69, 9.17) is 0 Å². The minimum absolute atomic E-state index is 0.561. The molecule has 0 bridgehead atoms. The van der Waals surface area contributed by atoms with E-state index in [2.05, 4.69) is 58.3 Å². The molecule has 0 radical (unpaired) electrons. The Labute approximate surface area is 138 Å². The van der Waals surface area contributed by atoms with E-state index in [1.807, 2.05) is 6.07 Å². The van der Waals surface area contributed by atoms with Gasteiger partial charge in [0.25, 0.3) is 0 Å². The molecule has 0 aliphatic carbocycles. The van der Waals surface area contributed by atoms with Gasteiger partial charge in [0.2, 0.25) is 5.95 Å². The molecule has 1 N–H and O–H groups in total. The van der Waals surface area contributed by atoms with Crippen molar-refractivity contribution >= 4 is 17.5 Å². The number of nitrogens with zero attached hydrogens (tertiary/aromatic N) is 4. The van der Waals surface area contributed by atoms with Gasteiger partial charge >= 0.3 is 0 Å². The summed E-state index contributed by atoms with van der Waals surface area (Å²) in [6, 6.07) is 6.83. The number of aromatic nitrogens is 3. The van der Waals surface area contributed by atoms with Crippen molar-refractivity contribution in [2.24, 2.45) is 0 Å². The molecular weight excluding hydrogens is 286 g/mol. The van der Waals surface area contributed by atoms with E-state index in [1.54, 1.807) is 6.20 Å². The van der Waals surface area contributed by atoms with Crippen LogP contribution in [0.4, 0.5) is 17.5 Å². The summed E-state index contributed by atoms with van der Waals surface area (Å²) in [6.07, 6.45) is 6.69. The van der Waals surface area contributed by atoms with E-state index in [-0.39, 0.29) is 0 Å². The average molecular weight is 311 g/mol. The van der Waals surface area contributed by atoms with Gasteiger partial charge in [-0.25, -0.2) is 0 Å². The Balaban J connectivity index is 1.80. The number of benzene rings is 1. The number of hydrogen-bond acceptors (Lipinski definition) is 5. The molecule has 1 saturated heterocycles. The first-order chi connectivity index (χ1) is 11.2. The van der Waals surface area contributed by atoms with E-state index >= 15 is 0 Å². The summed E-state index contributed by atoms with van der Waals surface area (Å²) < 4.78 is 0. The van der Waals surface area contributed by atoms with Crippen LogP contribution in [-0.2, 0) is 0 Å². The largest absolute Gasteiger partial charge is 0.352 e. The Morgan fingerprint density at radius 2 is 2.09 bits per heavy atom. The molecule has 0 saturated carbocycles. The molecule has 1 aliphatic rings. The molecule has 5 nitrogen and oxygen atoms in total. The third-order valence-corrected chi connectivity index (χ3v) is 4.70. The van der Waals surface area contributed by atoms with Gasteiger partial charge < -0.3 is 10.2 Å². The maximum atomic E-state index is 4.68. The van der Waals surface area contributed by atoms with Crippen molar-refractivity contribution in [1.29, 1.82) is 0 Å². The van der Waals surface area contributed by atoms with Gasteiger partial charge in [0, 0.05) is 18.3 Å². The SMILES string of the molecule is CCC1CCCCN1c1cnnc(Nc2ccc(C)c(C)c2)n1. The number of aryl methyl sites for hydroxylation is 2.